The lowest BCUT2D eigenvalue weighted by molar-refractivity contribution is -0.484. The van der Waals surface area contributed by atoms with Gasteiger partial charge in [0, 0.05) is 10.5 Å². The van der Waals surface area contributed by atoms with Gasteiger partial charge in [-0.1, -0.05) is 18.2 Å². The quantitative estimate of drug-likeness (QED) is 0.432. The summed E-state index contributed by atoms with van der Waals surface area (Å²) in [6, 6.07) is 6.72. The van der Waals surface area contributed by atoms with Gasteiger partial charge in [0.05, 0.1) is 18.9 Å². The minimum Gasteiger partial charge on any atom is -0.496 e. The first-order valence-corrected chi connectivity index (χ1v) is 6.14. The fourth-order valence-electron chi connectivity index (χ4n) is 2.37. The molecule has 1 rings (SSSR count). The van der Waals surface area contributed by atoms with Crippen molar-refractivity contribution >= 4 is 11.6 Å². The summed E-state index contributed by atoms with van der Waals surface area (Å²) in [7, 11) is 1.44. The first-order valence-electron chi connectivity index (χ1n) is 6.14. The number of carbonyl (C=O) groups excluding carboxylic acids is 2. The number of ether oxygens (including phenoxy) is 1. The molecule has 0 saturated carbocycles. The lowest BCUT2D eigenvalue weighted by atomic mass is 9.81. The van der Waals surface area contributed by atoms with Crippen LogP contribution in [0, 0.1) is 16.0 Å². The smallest absolute Gasteiger partial charge is 0.211 e. The third kappa shape index (κ3) is 3.63. The van der Waals surface area contributed by atoms with Crippen molar-refractivity contribution in [1.82, 2.24) is 0 Å². The Morgan fingerprint density at radius 3 is 2.25 bits per heavy atom. The number of para-hydroxylation sites is 1. The lowest BCUT2D eigenvalue weighted by Crippen LogP contribution is -2.31. The third-order valence-corrected chi connectivity index (χ3v) is 3.16. The molecule has 0 N–H and O–H groups in total. The molecule has 6 heteroatoms. The topological polar surface area (TPSA) is 86.5 Å². The van der Waals surface area contributed by atoms with Crippen LogP contribution in [0.25, 0.3) is 0 Å². The van der Waals surface area contributed by atoms with E-state index in [1.165, 1.54) is 21.0 Å². The van der Waals surface area contributed by atoms with Crippen LogP contribution in [0.3, 0.4) is 0 Å². The number of hydrogen-bond acceptors (Lipinski definition) is 5. The molecule has 6 nitrogen and oxygen atoms in total. The van der Waals surface area contributed by atoms with Gasteiger partial charge < -0.3 is 4.74 Å². The number of rotatable bonds is 7. The molecule has 0 amide bonds. The molecule has 1 aromatic rings. The van der Waals surface area contributed by atoms with Crippen molar-refractivity contribution in [3.05, 3.63) is 39.9 Å². The number of carbonyl (C=O) groups is 2. The van der Waals surface area contributed by atoms with E-state index >= 15 is 0 Å². The van der Waals surface area contributed by atoms with Crippen LogP contribution in [0.2, 0.25) is 0 Å². The Bertz CT molecular complexity index is 512. The van der Waals surface area contributed by atoms with Gasteiger partial charge in [-0.3, -0.25) is 19.7 Å². The highest BCUT2D eigenvalue weighted by Crippen LogP contribution is 2.33. The number of hydrogen-bond donors (Lipinski definition) is 0. The molecule has 0 aliphatic rings. The van der Waals surface area contributed by atoms with Crippen molar-refractivity contribution in [3.63, 3.8) is 0 Å². The minimum absolute atomic E-state index is 0.379. The summed E-state index contributed by atoms with van der Waals surface area (Å²) in [5, 5.41) is 10.9. The van der Waals surface area contributed by atoms with E-state index in [1.54, 1.807) is 24.3 Å². The zero-order chi connectivity index (χ0) is 15.3. The molecule has 0 radical (unpaired) electrons. The molecule has 0 bridgehead atoms. The van der Waals surface area contributed by atoms with Crippen LogP contribution >= 0.6 is 0 Å². The summed E-state index contributed by atoms with van der Waals surface area (Å²) in [4.78, 5) is 33.8. The minimum atomic E-state index is -1.03. The monoisotopic (exact) mass is 279 g/mol. The third-order valence-electron chi connectivity index (χ3n) is 3.16. The van der Waals surface area contributed by atoms with Crippen molar-refractivity contribution in [1.29, 1.82) is 0 Å². The number of nitrogens with zero attached hydrogens (tertiary/aromatic N) is 1. The van der Waals surface area contributed by atoms with Gasteiger partial charge >= 0.3 is 0 Å². The Hall–Kier alpha value is -2.24. The Kier molecular flexibility index (Phi) is 5.37. The summed E-state index contributed by atoms with van der Waals surface area (Å²) < 4.78 is 5.17. The zero-order valence-electron chi connectivity index (χ0n) is 11.7. The maximum Gasteiger partial charge on any atom is 0.211 e. The first-order chi connectivity index (χ1) is 9.38. The van der Waals surface area contributed by atoms with Crippen molar-refractivity contribution in [3.8, 4) is 5.75 Å². The predicted octanol–water partition coefficient (Wildman–Crippen LogP) is 1.85. The average molecular weight is 279 g/mol. The molecule has 1 atom stereocenters. The van der Waals surface area contributed by atoms with E-state index in [4.69, 9.17) is 4.74 Å². The summed E-state index contributed by atoms with van der Waals surface area (Å²) >= 11 is 0. The molecule has 1 aromatic carbocycles. The van der Waals surface area contributed by atoms with Crippen LogP contribution in [0.5, 0.6) is 5.75 Å². The van der Waals surface area contributed by atoms with E-state index in [2.05, 4.69) is 0 Å². The van der Waals surface area contributed by atoms with E-state index in [1.807, 2.05) is 0 Å². The van der Waals surface area contributed by atoms with E-state index in [0.29, 0.717) is 11.3 Å². The molecule has 0 aliphatic carbocycles. The molecule has 0 fully saturated rings. The van der Waals surface area contributed by atoms with Crippen LogP contribution in [0.4, 0.5) is 0 Å². The summed E-state index contributed by atoms with van der Waals surface area (Å²) in [5.74, 6) is -2.18. The van der Waals surface area contributed by atoms with Crippen molar-refractivity contribution in [2.75, 3.05) is 13.7 Å². The van der Waals surface area contributed by atoms with Crippen LogP contribution in [0.15, 0.2) is 24.3 Å². The molecule has 0 saturated heterocycles. The summed E-state index contributed by atoms with van der Waals surface area (Å²) in [6.45, 7) is 2.05. The molecular formula is C14H17NO5. The second kappa shape index (κ2) is 6.79. The highest BCUT2D eigenvalue weighted by atomic mass is 16.6. The maximum atomic E-state index is 11.7. The average Bonchev–Trinajstić information content (AvgIpc) is 2.36. The fourth-order valence-corrected chi connectivity index (χ4v) is 2.37. The maximum absolute atomic E-state index is 11.7. The number of ketones is 2. The second-order valence-corrected chi connectivity index (χ2v) is 4.56. The van der Waals surface area contributed by atoms with Gasteiger partial charge in [0.15, 0.2) is 0 Å². The number of Topliss-reactive ketones (excluding diaryl/α,β-unsaturated/α-hetero) is 2. The Morgan fingerprint density at radius 1 is 1.25 bits per heavy atom. The van der Waals surface area contributed by atoms with Crippen LogP contribution in [-0.4, -0.2) is 30.1 Å². The van der Waals surface area contributed by atoms with Gasteiger partial charge in [0.2, 0.25) is 6.54 Å². The Balaban J connectivity index is 3.33. The Morgan fingerprint density at radius 2 is 1.80 bits per heavy atom. The molecule has 108 valence electrons. The molecule has 0 aromatic heterocycles. The SMILES string of the molecule is COc1ccccc1C(C[N+](=O)[O-])C(C(C)=O)C(C)=O. The van der Waals surface area contributed by atoms with Gasteiger partial charge in [-0.15, -0.1) is 0 Å². The largest absolute Gasteiger partial charge is 0.496 e. The molecule has 20 heavy (non-hydrogen) atoms. The molecule has 1 unspecified atom stereocenters. The summed E-state index contributed by atoms with van der Waals surface area (Å²) in [6.07, 6.45) is 0. The van der Waals surface area contributed by atoms with Crippen molar-refractivity contribution in [2.45, 2.75) is 19.8 Å². The lowest BCUT2D eigenvalue weighted by Gasteiger charge is -2.22. The normalized spacial score (nSPS) is 12.0. The highest BCUT2D eigenvalue weighted by molar-refractivity contribution is 6.01. The Labute approximate surface area is 116 Å². The van der Waals surface area contributed by atoms with Gasteiger partial charge in [0.25, 0.3) is 0 Å². The second-order valence-electron chi connectivity index (χ2n) is 4.56. The number of benzene rings is 1. The van der Waals surface area contributed by atoms with E-state index in [0.717, 1.165) is 0 Å². The van der Waals surface area contributed by atoms with E-state index in [-0.39, 0.29) is 11.6 Å². The van der Waals surface area contributed by atoms with Crippen molar-refractivity contribution < 1.29 is 19.2 Å². The van der Waals surface area contributed by atoms with Gasteiger partial charge in [-0.05, 0) is 19.9 Å². The highest BCUT2D eigenvalue weighted by Gasteiger charge is 2.36. The summed E-state index contributed by atoms with van der Waals surface area (Å²) in [5.41, 5.74) is 0.502. The van der Waals surface area contributed by atoms with E-state index < -0.39 is 23.3 Å². The zero-order valence-corrected chi connectivity index (χ0v) is 11.7. The number of methoxy groups -OCH3 is 1. The van der Waals surface area contributed by atoms with Crippen LogP contribution < -0.4 is 4.74 Å². The van der Waals surface area contributed by atoms with Crippen LogP contribution in [0.1, 0.15) is 25.3 Å². The standard InChI is InChI=1S/C14H17NO5/c1-9(16)14(10(2)17)12(8-15(18)19)11-6-4-5-7-13(11)20-3/h4-7,12,14H,8H2,1-3H3. The molecule has 0 aliphatic heterocycles. The number of nitro groups is 1. The van der Waals surface area contributed by atoms with Gasteiger partial charge in [0.1, 0.15) is 17.3 Å². The predicted molar refractivity (Wildman–Crippen MR) is 72.4 cm³/mol. The van der Waals surface area contributed by atoms with Gasteiger partial charge in [-0.25, -0.2) is 0 Å². The molecular weight excluding hydrogens is 262 g/mol. The first kappa shape index (κ1) is 15.8. The van der Waals surface area contributed by atoms with Crippen LogP contribution in [-0.2, 0) is 9.59 Å². The van der Waals surface area contributed by atoms with E-state index in [9.17, 15) is 19.7 Å². The van der Waals surface area contributed by atoms with Gasteiger partial charge in [-0.2, -0.15) is 0 Å². The molecule has 0 heterocycles. The van der Waals surface area contributed by atoms with Crippen molar-refractivity contribution in [2.24, 2.45) is 5.92 Å². The fraction of sp³-hybridized carbons (Fsp3) is 0.429. The molecule has 0 spiro atoms.